The molecule has 0 aromatic carbocycles. The van der Waals surface area contributed by atoms with Gasteiger partial charge in [0.2, 0.25) is 0 Å². The number of ether oxygens (including phenoxy) is 3. The second-order valence-electron chi connectivity index (χ2n) is 6.97. The number of nitrogens with two attached hydrogens (primary N) is 1. The minimum atomic E-state index is -0.548. The third kappa shape index (κ3) is 2.27. The first-order chi connectivity index (χ1) is 12.2. The average molecular weight is 347 g/mol. The van der Waals surface area contributed by atoms with E-state index in [1.54, 1.807) is 10.9 Å². The van der Waals surface area contributed by atoms with Crippen molar-refractivity contribution in [2.45, 2.75) is 62.4 Å². The lowest BCUT2D eigenvalue weighted by Gasteiger charge is -2.34. The van der Waals surface area contributed by atoms with Gasteiger partial charge in [-0.05, 0) is 12.8 Å². The second-order valence-corrected chi connectivity index (χ2v) is 6.97. The number of nitrogen functional groups attached to an aromatic ring is 1. The number of aliphatic hydroxyl groups is 1. The maximum Gasteiger partial charge on any atom is 0.169 e. The van der Waals surface area contributed by atoms with Crippen molar-refractivity contribution < 1.29 is 19.3 Å². The lowest BCUT2D eigenvalue weighted by Crippen LogP contribution is -2.37. The first-order valence-electron chi connectivity index (χ1n) is 8.76. The Morgan fingerprint density at radius 1 is 1.16 bits per heavy atom. The molecule has 2 aromatic heterocycles. The van der Waals surface area contributed by atoms with E-state index in [9.17, 15) is 5.11 Å². The van der Waals surface area contributed by atoms with Gasteiger partial charge in [-0.25, -0.2) is 15.0 Å². The Hall–Kier alpha value is -1.81. The zero-order chi connectivity index (χ0) is 17.0. The fourth-order valence-corrected chi connectivity index (χ4v) is 4.25. The van der Waals surface area contributed by atoms with Crippen LogP contribution in [0.3, 0.4) is 0 Å². The first-order valence-corrected chi connectivity index (χ1v) is 8.76. The molecule has 5 rings (SSSR count). The van der Waals surface area contributed by atoms with Crippen LogP contribution >= 0.6 is 0 Å². The van der Waals surface area contributed by atoms with Crippen molar-refractivity contribution in [3.8, 4) is 0 Å². The van der Waals surface area contributed by atoms with Crippen molar-refractivity contribution >= 4 is 17.0 Å². The molecule has 3 aliphatic rings. The van der Waals surface area contributed by atoms with Crippen LogP contribution in [0.1, 0.15) is 38.3 Å². The Morgan fingerprint density at radius 3 is 2.76 bits per heavy atom. The molecule has 2 aromatic rings. The third-order valence-electron chi connectivity index (χ3n) is 5.44. The number of aliphatic hydroxyl groups excluding tert-OH is 1. The summed E-state index contributed by atoms with van der Waals surface area (Å²) >= 11 is 0. The Kier molecular flexibility index (Phi) is 3.46. The van der Waals surface area contributed by atoms with Gasteiger partial charge in [0, 0.05) is 12.8 Å². The van der Waals surface area contributed by atoms with Gasteiger partial charge in [0.25, 0.3) is 0 Å². The van der Waals surface area contributed by atoms with E-state index in [-0.39, 0.29) is 18.8 Å². The topological polar surface area (TPSA) is 118 Å². The van der Waals surface area contributed by atoms with Crippen molar-refractivity contribution in [2.24, 2.45) is 0 Å². The van der Waals surface area contributed by atoms with E-state index >= 15 is 0 Å². The van der Waals surface area contributed by atoms with E-state index in [1.807, 2.05) is 0 Å². The van der Waals surface area contributed by atoms with Gasteiger partial charge in [-0.15, -0.1) is 0 Å². The number of nitrogens with zero attached hydrogens (tertiary/aromatic N) is 4. The summed E-state index contributed by atoms with van der Waals surface area (Å²) in [6, 6.07) is 0. The lowest BCUT2D eigenvalue weighted by molar-refractivity contribution is -0.232. The van der Waals surface area contributed by atoms with Crippen LogP contribution in [-0.2, 0) is 14.2 Å². The molecule has 0 amide bonds. The molecule has 4 atom stereocenters. The van der Waals surface area contributed by atoms with Crippen LogP contribution in [0.5, 0.6) is 0 Å². The zero-order valence-corrected chi connectivity index (χ0v) is 13.7. The van der Waals surface area contributed by atoms with Crippen LogP contribution in [0.4, 0.5) is 5.82 Å². The molecule has 9 nitrogen and oxygen atoms in total. The average Bonchev–Trinajstić information content (AvgIpc) is 3.28. The Balaban J connectivity index is 1.52. The van der Waals surface area contributed by atoms with Gasteiger partial charge in [0.15, 0.2) is 23.5 Å². The van der Waals surface area contributed by atoms with Crippen molar-refractivity contribution in [3.05, 3.63) is 12.7 Å². The van der Waals surface area contributed by atoms with E-state index in [1.165, 1.54) is 12.7 Å². The number of hydrogen-bond donors (Lipinski definition) is 2. The molecule has 9 heteroatoms. The molecule has 2 saturated heterocycles. The smallest absolute Gasteiger partial charge is 0.169 e. The number of hydrogen-bond acceptors (Lipinski definition) is 8. The molecular formula is C16H21N5O4. The monoisotopic (exact) mass is 347 g/mol. The molecule has 4 heterocycles. The molecule has 2 aliphatic heterocycles. The second kappa shape index (κ2) is 5.60. The molecule has 1 spiro atoms. The Bertz CT molecular complexity index is 790. The molecule has 0 bridgehead atoms. The summed E-state index contributed by atoms with van der Waals surface area (Å²) in [4.78, 5) is 12.6. The highest BCUT2D eigenvalue weighted by Crippen LogP contribution is 2.48. The van der Waals surface area contributed by atoms with Gasteiger partial charge in [-0.3, -0.25) is 4.57 Å². The molecule has 3 fully saturated rings. The van der Waals surface area contributed by atoms with Crippen LogP contribution in [0.2, 0.25) is 0 Å². The standard InChI is InChI=1S/C16H21N5O4/c17-13-10-14(19-7-18-13)21(8-20-10)15-12-11(9(6-22)23-15)24-16(25-12)4-2-1-3-5-16/h7-9,11-12,15,22H,1-6H2,(H2,17,18,19)/t9-,11?,12?,15-/m1/s1. The maximum atomic E-state index is 9.74. The number of fused-ring (bicyclic) bond motifs is 2. The molecular weight excluding hydrogens is 326 g/mol. The summed E-state index contributed by atoms with van der Waals surface area (Å²) in [7, 11) is 0. The van der Waals surface area contributed by atoms with Crippen LogP contribution in [0, 0.1) is 0 Å². The van der Waals surface area contributed by atoms with Gasteiger partial charge < -0.3 is 25.1 Å². The quantitative estimate of drug-likeness (QED) is 0.817. The largest absolute Gasteiger partial charge is 0.394 e. The predicted octanol–water partition coefficient (Wildman–Crippen LogP) is 0.743. The summed E-state index contributed by atoms with van der Waals surface area (Å²) in [5.41, 5.74) is 6.99. The van der Waals surface area contributed by atoms with Crippen molar-refractivity contribution in [1.82, 2.24) is 19.5 Å². The molecule has 25 heavy (non-hydrogen) atoms. The minimum Gasteiger partial charge on any atom is -0.394 e. The number of imidazole rings is 1. The van der Waals surface area contributed by atoms with Crippen molar-refractivity contribution in [3.63, 3.8) is 0 Å². The summed E-state index contributed by atoms with van der Waals surface area (Å²) in [5, 5.41) is 9.74. The fourth-order valence-electron chi connectivity index (χ4n) is 4.25. The summed E-state index contributed by atoms with van der Waals surface area (Å²) in [6.07, 6.45) is 6.65. The SMILES string of the molecule is Nc1ncnc2c1ncn2[C@@H]1O[C@H](CO)C2OC3(CCCCC3)OC21. The van der Waals surface area contributed by atoms with Gasteiger partial charge >= 0.3 is 0 Å². The van der Waals surface area contributed by atoms with E-state index in [0.717, 1.165) is 25.7 Å². The first kappa shape index (κ1) is 15.4. The van der Waals surface area contributed by atoms with Gasteiger partial charge in [-0.1, -0.05) is 6.42 Å². The highest BCUT2D eigenvalue weighted by Gasteiger charge is 2.58. The third-order valence-corrected chi connectivity index (χ3v) is 5.44. The van der Waals surface area contributed by atoms with Crippen LogP contribution in [0.15, 0.2) is 12.7 Å². The zero-order valence-electron chi connectivity index (χ0n) is 13.7. The highest BCUT2D eigenvalue weighted by molar-refractivity contribution is 5.81. The summed E-state index contributed by atoms with van der Waals surface area (Å²) in [6.45, 7) is -0.124. The van der Waals surface area contributed by atoms with E-state index in [4.69, 9.17) is 19.9 Å². The normalized spacial score (nSPS) is 34.0. The van der Waals surface area contributed by atoms with Crippen LogP contribution in [0.25, 0.3) is 11.2 Å². The maximum absolute atomic E-state index is 9.74. The number of aromatic nitrogens is 4. The van der Waals surface area contributed by atoms with Gasteiger partial charge in [0.05, 0.1) is 12.9 Å². The molecule has 0 radical (unpaired) electrons. The highest BCUT2D eigenvalue weighted by atomic mass is 16.8. The van der Waals surface area contributed by atoms with Crippen LogP contribution in [-0.4, -0.2) is 55.3 Å². The Morgan fingerprint density at radius 2 is 1.96 bits per heavy atom. The van der Waals surface area contributed by atoms with Gasteiger partial charge in [-0.2, -0.15) is 0 Å². The number of anilines is 1. The minimum absolute atomic E-state index is 0.124. The van der Waals surface area contributed by atoms with E-state index in [2.05, 4.69) is 15.0 Å². The molecule has 1 saturated carbocycles. The predicted molar refractivity (Wildman–Crippen MR) is 86.3 cm³/mol. The summed E-state index contributed by atoms with van der Waals surface area (Å²) < 4.78 is 20.5. The molecule has 2 unspecified atom stereocenters. The van der Waals surface area contributed by atoms with Crippen LogP contribution < -0.4 is 5.73 Å². The summed E-state index contributed by atoms with van der Waals surface area (Å²) in [5.74, 6) is -0.225. The fraction of sp³-hybridized carbons (Fsp3) is 0.688. The lowest BCUT2D eigenvalue weighted by atomic mass is 9.94. The van der Waals surface area contributed by atoms with Gasteiger partial charge in [0.1, 0.15) is 30.2 Å². The van der Waals surface area contributed by atoms with E-state index < -0.39 is 18.1 Å². The van der Waals surface area contributed by atoms with Crippen molar-refractivity contribution in [1.29, 1.82) is 0 Å². The number of rotatable bonds is 2. The molecule has 134 valence electrons. The van der Waals surface area contributed by atoms with E-state index in [0.29, 0.717) is 17.0 Å². The molecule has 1 aliphatic carbocycles. The molecule has 3 N–H and O–H groups in total. The Labute approximate surface area is 144 Å². The van der Waals surface area contributed by atoms with Crippen molar-refractivity contribution in [2.75, 3.05) is 12.3 Å².